The molecule has 4 rings (SSSR count). The smallest absolute Gasteiger partial charge is 0.274 e. The summed E-state index contributed by atoms with van der Waals surface area (Å²) in [5.41, 5.74) is 1.93. The summed E-state index contributed by atoms with van der Waals surface area (Å²) in [7, 11) is 1.45. The van der Waals surface area contributed by atoms with E-state index in [9.17, 15) is 9.18 Å². The molecule has 0 saturated carbocycles. The van der Waals surface area contributed by atoms with E-state index in [1.165, 1.54) is 13.2 Å². The average Bonchev–Trinajstić information content (AvgIpc) is 3.40. The largest absolute Gasteiger partial charge is 0.494 e. The minimum absolute atomic E-state index is 0.107. The van der Waals surface area contributed by atoms with Gasteiger partial charge >= 0.3 is 0 Å². The number of halogens is 1. The number of aromatic nitrogens is 2. The average molecular weight is 384 g/mol. The molecule has 146 valence electrons. The lowest BCUT2D eigenvalue weighted by Gasteiger charge is -2.34. The maximum atomic E-state index is 13.9. The van der Waals surface area contributed by atoms with Crippen LogP contribution in [0.2, 0.25) is 0 Å². The summed E-state index contributed by atoms with van der Waals surface area (Å²) in [5.74, 6) is 0.416. The van der Waals surface area contributed by atoms with Crippen LogP contribution in [0.25, 0.3) is 11.5 Å². The third kappa shape index (κ3) is 3.77. The van der Waals surface area contributed by atoms with Crippen LogP contribution < -0.4 is 4.74 Å². The first-order chi connectivity index (χ1) is 13.6. The van der Waals surface area contributed by atoms with Crippen LogP contribution in [0.3, 0.4) is 0 Å². The molecule has 0 radical (unpaired) electrons. The molecule has 2 aromatic heterocycles. The Balaban J connectivity index is 1.34. The predicted octanol–water partition coefficient (Wildman–Crippen LogP) is 2.78. The molecule has 1 aromatic carbocycles. The lowest BCUT2D eigenvalue weighted by atomic mass is 10.1. The summed E-state index contributed by atoms with van der Waals surface area (Å²) in [5, 5.41) is 6.95. The Morgan fingerprint density at radius 1 is 1.25 bits per heavy atom. The zero-order chi connectivity index (χ0) is 19.5. The van der Waals surface area contributed by atoms with Crippen molar-refractivity contribution in [2.24, 2.45) is 0 Å². The molecule has 1 aliphatic heterocycles. The van der Waals surface area contributed by atoms with Crippen LogP contribution in [-0.2, 0) is 6.54 Å². The van der Waals surface area contributed by atoms with E-state index in [1.54, 1.807) is 29.4 Å². The van der Waals surface area contributed by atoms with Crippen molar-refractivity contribution < 1.29 is 18.3 Å². The zero-order valence-electron chi connectivity index (χ0n) is 15.5. The summed E-state index contributed by atoms with van der Waals surface area (Å²) < 4.78 is 24.1. The number of hydrogen-bond acceptors (Lipinski definition) is 5. The number of hydrogen-bond donors (Lipinski definition) is 1. The Morgan fingerprint density at radius 2 is 2.07 bits per heavy atom. The molecule has 0 aliphatic carbocycles. The van der Waals surface area contributed by atoms with Gasteiger partial charge in [0.15, 0.2) is 23.0 Å². The molecule has 3 heterocycles. The molecule has 0 unspecified atom stereocenters. The van der Waals surface area contributed by atoms with Crippen LogP contribution in [0.4, 0.5) is 4.39 Å². The summed E-state index contributed by atoms with van der Waals surface area (Å²) >= 11 is 0. The van der Waals surface area contributed by atoms with Crippen LogP contribution in [0.5, 0.6) is 5.75 Å². The standard InChI is InChI=1S/C20H21FN4O3/c1-27-18-5-4-14(11-15(18)21)13-24-6-8-25(9-7-24)20(26)17-12-16(22-23-17)19-3-2-10-28-19/h2-5,10-12H,6-9,13H2,1H3,(H,22,23). The Labute approximate surface area is 161 Å². The highest BCUT2D eigenvalue weighted by Crippen LogP contribution is 2.21. The first-order valence-corrected chi connectivity index (χ1v) is 9.07. The molecule has 3 aromatic rings. The molecule has 0 atom stereocenters. The maximum Gasteiger partial charge on any atom is 0.274 e. The summed E-state index contributed by atoms with van der Waals surface area (Å²) in [6.45, 7) is 3.26. The number of piperazine rings is 1. The van der Waals surface area contributed by atoms with Crippen LogP contribution in [0, 0.1) is 5.82 Å². The Hall–Kier alpha value is -3.13. The number of H-pyrrole nitrogens is 1. The number of nitrogens with one attached hydrogen (secondary N) is 1. The van der Waals surface area contributed by atoms with E-state index in [-0.39, 0.29) is 17.5 Å². The van der Waals surface area contributed by atoms with E-state index in [2.05, 4.69) is 15.1 Å². The number of furan rings is 1. The highest BCUT2D eigenvalue weighted by atomic mass is 19.1. The van der Waals surface area contributed by atoms with Crippen molar-refractivity contribution >= 4 is 5.91 Å². The van der Waals surface area contributed by atoms with Gasteiger partial charge in [-0.2, -0.15) is 5.10 Å². The van der Waals surface area contributed by atoms with Crippen LogP contribution >= 0.6 is 0 Å². The molecule has 0 bridgehead atoms. The topological polar surface area (TPSA) is 74.6 Å². The second-order valence-corrected chi connectivity index (χ2v) is 6.68. The minimum Gasteiger partial charge on any atom is -0.494 e. The number of carbonyl (C=O) groups excluding carboxylic acids is 1. The number of rotatable bonds is 5. The number of aromatic amines is 1. The highest BCUT2D eigenvalue weighted by Gasteiger charge is 2.24. The van der Waals surface area contributed by atoms with Crippen molar-refractivity contribution in [1.29, 1.82) is 0 Å². The van der Waals surface area contributed by atoms with Gasteiger partial charge in [0, 0.05) is 38.8 Å². The molecule has 1 aliphatic rings. The quantitative estimate of drug-likeness (QED) is 0.732. The van der Waals surface area contributed by atoms with Gasteiger partial charge in [0.25, 0.3) is 5.91 Å². The lowest BCUT2D eigenvalue weighted by Crippen LogP contribution is -2.48. The molecule has 1 N–H and O–H groups in total. The third-order valence-corrected chi connectivity index (χ3v) is 4.87. The molecule has 8 heteroatoms. The first kappa shape index (κ1) is 18.2. The van der Waals surface area contributed by atoms with E-state index >= 15 is 0 Å². The van der Waals surface area contributed by atoms with Gasteiger partial charge in [-0.1, -0.05) is 6.07 Å². The molecule has 1 amide bonds. The van der Waals surface area contributed by atoms with Crippen LogP contribution in [-0.4, -0.2) is 59.2 Å². The van der Waals surface area contributed by atoms with Crippen molar-refractivity contribution in [3.8, 4) is 17.2 Å². The molecule has 28 heavy (non-hydrogen) atoms. The van der Waals surface area contributed by atoms with E-state index in [0.717, 1.165) is 18.7 Å². The van der Waals surface area contributed by atoms with E-state index in [4.69, 9.17) is 9.15 Å². The molecule has 1 saturated heterocycles. The van der Waals surface area contributed by atoms with Gasteiger partial charge in [-0.3, -0.25) is 14.8 Å². The van der Waals surface area contributed by atoms with Crippen molar-refractivity contribution in [3.63, 3.8) is 0 Å². The number of benzene rings is 1. The van der Waals surface area contributed by atoms with E-state index < -0.39 is 0 Å². The molecular weight excluding hydrogens is 363 g/mol. The SMILES string of the molecule is COc1ccc(CN2CCN(C(=O)c3cc(-c4ccco4)[nH]n3)CC2)cc1F. The van der Waals surface area contributed by atoms with Gasteiger partial charge in [-0.15, -0.1) is 0 Å². The summed E-state index contributed by atoms with van der Waals surface area (Å²) in [6.07, 6.45) is 1.57. The fraction of sp³-hybridized carbons (Fsp3) is 0.300. The third-order valence-electron chi connectivity index (χ3n) is 4.87. The second kappa shape index (κ2) is 7.85. The summed E-state index contributed by atoms with van der Waals surface area (Å²) in [4.78, 5) is 16.7. The van der Waals surface area contributed by atoms with Crippen molar-refractivity contribution in [3.05, 3.63) is 59.7 Å². The number of amides is 1. The molecule has 1 fully saturated rings. The Kier molecular flexibility index (Phi) is 5.12. The number of methoxy groups -OCH3 is 1. The molecule has 7 nitrogen and oxygen atoms in total. The van der Waals surface area contributed by atoms with E-state index in [0.29, 0.717) is 36.8 Å². The van der Waals surface area contributed by atoms with Crippen molar-refractivity contribution in [1.82, 2.24) is 20.0 Å². The van der Waals surface area contributed by atoms with Crippen LogP contribution in [0.1, 0.15) is 16.1 Å². The zero-order valence-corrected chi connectivity index (χ0v) is 15.5. The van der Waals surface area contributed by atoms with Gasteiger partial charge in [0.1, 0.15) is 5.69 Å². The number of nitrogens with zero attached hydrogens (tertiary/aromatic N) is 3. The first-order valence-electron chi connectivity index (χ1n) is 9.07. The fourth-order valence-corrected chi connectivity index (χ4v) is 3.33. The van der Waals surface area contributed by atoms with Gasteiger partial charge in [0.2, 0.25) is 0 Å². The predicted molar refractivity (Wildman–Crippen MR) is 100 cm³/mol. The minimum atomic E-state index is -0.361. The lowest BCUT2D eigenvalue weighted by molar-refractivity contribution is 0.0622. The van der Waals surface area contributed by atoms with Gasteiger partial charge < -0.3 is 14.1 Å². The molecular formula is C20H21FN4O3. The number of ether oxygens (including phenoxy) is 1. The summed E-state index contributed by atoms with van der Waals surface area (Å²) in [6, 6.07) is 10.3. The molecule has 0 spiro atoms. The fourth-order valence-electron chi connectivity index (χ4n) is 3.33. The maximum absolute atomic E-state index is 13.9. The Morgan fingerprint density at radius 3 is 2.75 bits per heavy atom. The second-order valence-electron chi connectivity index (χ2n) is 6.68. The van der Waals surface area contributed by atoms with Gasteiger partial charge in [-0.25, -0.2) is 4.39 Å². The van der Waals surface area contributed by atoms with Crippen LogP contribution in [0.15, 0.2) is 47.1 Å². The number of carbonyl (C=O) groups is 1. The Bertz CT molecular complexity index is 946. The van der Waals surface area contributed by atoms with E-state index in [1.807, 2.05) is 12.1 Å². The van der Waals surface area contributed by atoms with Crippen molar-refractivity contribution in [2.75, 3.05) is 33.3 Å². The van der Waals surface area contributed by atoms with Gasteiger partial charge in [-0.05, 0) is 29.8 Å². The monoisotopic (exact) mass is 384 g/mol. The normalized spacial score (nSPS) is 15.0. The highest BCUT2D eigenvalue weighted by molar-refractivity contribution is 5.93. The van der Waals surface area contributed by atoms with Crippen molar-refractivity contribution in [2.45, 2.75) is 6.54 Å². The van der Waals surface area contributed by atoms with Gasteiger partial charge in [0.05, 0.1) is 13.4 Å².